The molecular formula is C49H65N9O7. The first-order valence-corrected chi connectivity index (χ1v) is 23.1. The summed E-state index contributed by atoms with van der Waals surface area (Å²) in [5.41, 5.74) is 13.8. The van der Waals surface area contributed by atoms with Crippen LogP contribution in [0.1, 0.15) is 103 Å². The number of para-hydroxylation sites is 1. The van der Waals surface area contributed by atoms with Crippen molar-refractivity contribution in [2.75, 3.05) is 45.8 Å². The molecule has 348 valence electrons. The van der Waals surface area contributed by atoms with Gasteiger partial charge in [0.2, 0.25) is 5.91 Å². The van der Waals surface area contributed by atoms with Gasteiger partial charge in [0.1, 0.15) is 35.6 Å². The van der Waals surface area contributed by atoms with Crippen molar-refractivity contribution in [1.29, 1.82) is 0 Å². The third-order valence-electron chi connectivity index (χ3n) is 13.0. The van der Waals surface area contributed by atoms with Crippen LogP contribution in [0.3, 0.4) is 0 Å². The molecule has 0 spiro atoms. The Morgan fingerprint density at radius 3 is 2.14 bits per heavy atom. The maximum atomic E-state index is 13.5. The maximum absolute atomic E-state index is 13.5. The molecule has 16 heteroatoms. The van der Waals surface area contributed by atoms with Gasteiger partial charge >= 0.3 is 0 Å². The molecule has 2 heterocycles. The molecule has 6 rings (SSSR count). The molecule has 2 aliphatic heterocycles. The first-order chi connectivity index (χ1) is 31.6. The third-order valence-corrected chi connectivity index (χ3v) is 13.0. The first-order valence-electron chi connectivity index (χ1n) is 23.1. The molecule has 3 aromatic carbocycles. The minimum Gasteiger partial charge on any atom is -0.457 e. The number of carbonyl (C=O) groups is 5. The van der Waals surface area contributed by atoms with Crippen molar-refractivity contribution >= 4 is 36.0 Å². The maximum Gasteiger partial charge on any atom is 0.254 e. The first kappa shape index (κ1) is 48.5. The zero-order chi connectivity index (χ0) is 46.1. The van der Waals surface area contributed by atoms with Gasteiger partial charge in [-0.2, -0.15) is 0 Å². The van der Waals surface area contributed by atoms with Gasteiger partial charge in [-0.3, -0.25) is 14.4 Å². The number of ether oxygens (including phenoxy) is 1. The fourth-order valence-electron chi connectivity index (χ4n) is 9.26. The Bertz CT molecular complexity index is 2090. The average Bonchev–Trinajstić information content (AvgIpc) is 3.33. The standard InChI is InChI=1S/C49H65N9O7/c1-2-52-47(44(46(51)61)45(50)35-12-17-41(18-13-35)65-40-8-4-3-5-9-40)53-30-33-10-15-37(16-11-33)54-38-22-24-57(25-23-38)31-34-20-26-58(27-21-34)49(63)36-14-19-43(56-64)42(29-36)48(62)55-39(32-60)7-6-28-59/h3-5,8-9,12-14,17-19,28-29,32-34,37-39,45,52-54H,2,6-7,10-11,15-16,20-27,30-31,50H2,1H3,(H2,51,61)(H,55,62)/b47-44+. The summed E-state index contributed by atoms with van der Waals surface area (Å²) in [7, 11) is 0. The van der Waals surface area contributed by atoms with Crippen LogP contribution in [0.5, 0.6) is 11.5 Å². The van der Waals surface area contributed by atoms with Crippen LogP contribution < -0.4 is 37.5 Å². The van der Waals surface area contributed by atoms with Gasteiger partial charge in [-0.05, 0) is 143 Å². The minimum atomic E-state index is -0.898. The van der Waals surface area contributed by atoms with Crippen molar-refractivity contribution in [3.05, 3.63) is 106 Å². The lowest BCUT2D eigenvalue weighted by molar-refractivity contribution is -0.115. The summed E-state index contributed by atoms with van der Waals surface area (Å²) in [5, 5.41) is 16.2. The normalized spacial score (nSPS) is 19.8. The molecule has 3 aromatic rings. The number of piperidine rings is 2. The average molecular weight is 892 g/mol. The van der Waals surface area contributed by atoms with Crippen LogP contribution in [-0.2, 0) is 14.4 Å². The lowest BCUT2D eigenvalue weighted by atomic mass is 9.85. The summed E-state index contributed by atoms with van der Waals surface area (Å²) in [6, 6.07) is 20.5. The van der Waals surface area contributed by atoms with Crippen molar-refractivity contribution in [2.45, 2.75) is 95.3 Å². The van der Waals surface area contributed by atoms with E-state index in [0.717, 1.165) is 82.3 Å². The van der Waals surface area contributed by atoms with Crippen LogP contribution in [0.25, 0.3) is 0 Å². The van der Waals surface area contributed by atoms with Crippen molar-refractivity contribution in [3.8, 4) is 11.5 Å². The lowest BCUT2D eigenvalue weighted by Crippen LogP contribution is -2.49. The highest BCUT2D eigenvalue weighted by atomic mass is 16.5. The lowest BCUT2D eigenvalue weighted by Gasteiger charge is -2.39. The number of primary amides is 1. The van der Waals surface area contributed by atoms with E-state index in [1.165, 1.54) is 18.2 Å². The van der Waals surface area contributed by atoms with Gasteiger partial charge in [-0.25, -0.2) is 0 Å². The number of nitrogens with one attached hydrogen (secondary N) is 4. The molecule has 65 heavy (non-hydrogen) atoms. The van der Waals surface area contributed by atoms with Gasteiger partial charge in [0, 0.05) is 56.8 Å². The van der Waals surface area contributed by atoms with Crippen LogP contribution in [0.2, 0.25) is 0 Å². The Kier molecular flexibility index (Phi) is 18.2. The summed E-state index contributed by atoms with van der Waals surface area (Å²) in [6.07, 6.45) is 9.73. The highest BCUT2D eigenvalue weighted by molar-refractivity contribution is 6.03. The molecular weight excluding hydrogens is 827 g/mol. The number of rotatable bonds is 22. The Balaban J connectivity index is 0.903. The fourth-order valence-corrected chi connectivity index (χ4v) is 9.26. The van der Waals surface area contributed by atoms with Gasteiger partial charge in [-0.15, -0.1) is 4.91 Å². The number of benzene rings is 3. The Labute approximate surface area is 381 Å². The van der Waals surface area contributed by atoms with E-state index in [2.05, 4.69) is 31.3 Å². The smallest absolute Gasteiger partial charge is 0.254 e. The highest BCUT2D eigenvalue weighted by Crippen LogP contribution is 2.29. The van der Waals surface area contributed by atoms with E-state index in [-0.39, 0.29) is 35.6 Å². The Hall–Kier alpha value is -5.97. The molecule has 16 nitrogen and oxygen atoms in total. The summed E-state index contributed by atoms with van der Waals surface area (Å²) in [4.78, 5) is 77.2. The van der Waals surface area contributed by atoms with E-state index in [4.69, 9.17) is 16.2 Å². The van der Waals surface area contributed by atoms with E-state index in [0.29, 0.717) is 79.8 Å². The second kappa shape index (κ2) is 24.4. The number of nitrogens with two attached hydrogens (primary N) is 2. The molecule has 3 amide bonds. The zero-order valence-corrected chi connectivity index (χ0v) is 37.4. The highest BCUT2D eigenvalue weighted by Gasteiger charge is 2.30. The summed E-state index contributed by atoms with van der Waals surface area (Å²) < 4.78 is 5.93. The number of aldehydes is 2. The van der Waals surface area contributed by atoms with Gasteiger partial charge in [-0.1, -0.05) is 30.3 Å². The van der Waals surface area contributed by atoms with Gasteiger partial charge < -0.3 is 56.9 Å². The van der Waals surface area contributed by atoms with Crippen LogP contribution >= 0.6 is 0 Å². The van der Waals surface area contributed by atoms with Crippen molar-refractivity contribution in [1.82, 2.24) is 31.1 Å². The molecule has 1 aliphatic carbocycles. The molecule has 3 aliphatic rings. The predicted molar refractivity (Wildman–Crippen MR) is 249 cm³/mol. The third kappa shape index (κ3) is 13.8. The van der Waals surface area contributed by atoms with Crippen LogP contribution in [0.15, 0.2) is 89.4 Å². The number of nitroso groups, excluding NO2 is 1. The van der Waals surface area contributed by atoms with Crippen LogP contribution in [0, 0.1) is 16.7 Å². The van der Waals surface area contributed by atoms with E-state index in [9.17, 15) is 28.9 Å². The van der Waals surface area contributed by atoms with Crippen molar-refractivity contribution < 1.29 is 28.7 Å². The van der Waals surface area contributed by atoms with Crippen LogP contribution in [0.4, 0.5) is 5.69 Å². The number of hydrogen-bond acceptors (Lipinski definition) is 13. The number of carbonyl (C=O) groups excluding carboxylic acids is 5. The Morgan fingerprint density at radius 2 is 1.51 bits per heavy atom. The zero-order valence-electron chi connectivity index (χ0n) is 37.4. The van der Waals surface area contributed by atoms with Crippen LogP contribution in [-0.4, -0.2) is 104 Å². The van der Waals surface area contributed by atoms with Crippen molar-refractivity contribution in [2.24, 2.45) is 28.5 Å². The molecule has 2 saturated heterocycles. The second-order valence-electron chi connectivity index (χ2n) is 17.5. The number of amides is 3. The fraction of sp³-hybridized carbons (Fsp3) is 0.490. The predicted octanol–water partition coefficient (Wildman–Crippen LogP) is 5.21. The number of hydrogen-bond donors (Lipinski definition) is 6. The van der Waals surface area contributed by atoms with E-state index >= 15 is 0 Å². The summed E-state index contributed by atoms with van der Waals surface area (Å²) in [6.45, 7) is 7.57. The molecule has 1 saturated carbocycles. The molecule has 0 bridgehead atoms. The summed E-state index contributed by atoms with van der Waals surface area (Å²) in [5.74, 6) is 1.43. The molecule has 0 radical (unpaired) electrons. The minimum absolute atomic E-state index is 0.0861. The van der Waals surface area contributed by atoms with Gasteiger partial charge in [0.05, 0.1) is 23.2 Å². The van der Waals surface area contributed by atoms with Gasteiger partial charge in [0.25, 0.3) is 11.8 Å². The number of likely N-dealkylation sites (tertiary alicyclic amines) is 2. The second-order valence-corrected chi connectivity index (χ2v) is 17.5. The van der Waals surface area contributed by atoms with E-state index in [1.807, 2.05) is 61.5 Å². The molecule has 0 aromatic heterocycles. The molecule has 8 N–H and O–H groups in total. The van der Waals surface area contributed by atoms with E-state index < -0.39 is 23.9 Å². The SMILES string of the molecule is CCN/C(NCC1CCC(NC2CCN(CC3CCN(C(=O)c4ccc(N=O)c(C(=O)NC(C=O)CCC=O)c4)CC3)CC2)CC1)=C(\C(N)=O)C(N)c1ccc(Oc2ccccc2)cc1. The molecule has 2 unspecified atom stereocenters. The van der Waals surface area contributed by atoms with E-state index in [1.54, 1.807) is 4.90 Å². The van der Waals surface area contributed by atoms with Crippen molar-refractivity contribution in [3.63, 3.8) is 0 Å². The quantitative estimate of drug-likeness (QED) is 0.0434. The van der Waals surface area contributed by atoms with Gasteiger partial charge in [0.15, 0.2) is 0 Å². The molecule has 2 atom stereocenters. The number of nitrogens with zero attached hydrogens (tertiary/aromatic N) is 3. The summed E-state index contributed by atoms with van der Waals surface area (Å²) >= 11 is 0. The monoisotopic (exact) mass is 892 g/mol. The largest absolute Gasteiger partial charge is 0.457 e. The molecule has 3 fully saturated rings. The Morgan fingerprint density at radius 1 is 0.831 bits per heavy atom. The topological polar surface area (TPSA) is 231 Å².